The molecule has 1 unspecified atom stereocenters. The van der Waals surface area contributed by atoms with Gasteiger partial charge in [-0.1, -0.05) is 19.9 Å². The summed E-state index contributed by atoms with van der Waals surface area (Å²) in [5.74, 6) is 2.06. The monoisotopic (exact) mass is 333 g/mol. The molecule has 0 saturated heterocycles. The average Bonchev–Trinajstić information content (AvgIpc) is 3.21. The van der Waals surface area contributed by atoms with Gasteiger partial charge in [0.25, 0.3) is 0 Å². The number of hydrogen-bond donors (Lipinski definition) is 2. The molecule has 1 aromatic heterocycles. The van der Waals surface area contributed by atoms with Crippen LogP contribution >= 0.6 is 0 Å². The highest BCUT2D eigenvalue weighted by Crippen LogP contribution is 2.39. The molecule has 0 aliphatic carbocycles. The van der Waals surface area contributed by atoms with Crippen molar-refractivity contribution in [3.63, 3.8) is 0 Å². The summed E-state index contributed by atoms with van der Waals surface area (Å²) >= 11 is 0. The lowest BCUT2D eigenvalue weighted by Gasteiger charge is -2.22. The number of fused-ring (bicyclic) bond motifs is 1. The van der Waals surface area contributed by atoms with Crippen LogP contribution in [-0.4, -0.2) is 28.1 Å². The fraction of sp³-hybridized carbons (Fsp3) is 0.529. The van der Waals surface area contributed by atoms with E-state index in [1.54, 1.807) is 0 Å². The summed E-state index contributed by atoms with van der Waals surface area (Å²) < 4.78 is 16.5. The van der Waals surface area contributed by atoms with E-state index >= 15 is 0 Å². The smallest absolute Gasteiger partial charge is 0.246 e. The van der Waals surface area contributed by atoms with Crippen LogP contribution in [0.5, 0.6) is 11.5 Å². The lowest BCUT2D eigenvalue weighted by atomic mass is 9.84. The second-order valence-corrected chi connectivity index (χ2v) is 6.90. The average molecular weight is 333 g/mol. The molecule has 2 heterocycles. The summed E-state index contributed by atoms with van der Waals surface area (Å²) in [4.78, 5) is 0. The van der Waals surface area contributed by atoms with Gasteiger partial charge in [0.15, 0.2) is 11.5 Å². The minimum Gasteiger partial charge on any atom is -0.454 e. The number of ether oxygens (including phenoxy) is 2. The lowest BCUT2D eigenvalue weighted by Crippen LogP contribution is -2.33. The van der Waals surface area contributed by atoms with E-state index in [-0.39, 0.29) is 18.6 Å². The van der Waals surface area contributed by atoms with Gasteiger partial charge in [0, 0.05) is 6.04 Å². The number of aliphatic hydroxyl groups excluding tert-OH is 1. The van der Waals surface area contributed by atoms with E-state index in [0.717, 1.165) is 11.3 Å². The Balaban J connectivity index is 1.88. The van der Waals surface area contributed by atoms with Gasteiger partial charge in [-0.05, 0) is 37.5 Å². The first-order chi connectivity index (χ1) is 11.3. The van der Waals surface area contributed by atoms with E-state index in [9.17, 15) is 5.11 Å². The zero-order valence-electron chi connectivity index (χ0n) is 14.3. The third-order valence-corrected chi connectivity index (χ3v) is 4.46. The van der Waals surface area contributed by atoms with Gasteiger partial charge >= 0.3 is 0 Å². The maximum atomic E-state index is 10.3. The predicted octanol–water partition coefficient (Wildman–Crippen LogP) is 2.14. The molecule has 1 aliphatic rings. The molecule has 0 spiro atoms. The van der Waals surface area contributed by atoms with E-state index in [1.807, 2.05) is 45.9 Å². The molecule has 2 aromatic rings. The van der Waals surface area contributed by atoms with Crippen molar-refractivity contribution in [3.8, 4) is 11.5 Å². The van der Waals surface area contributed by atoms with Crippen LogP contribution in [0.1, 0.15) is 51.1 Å². The van der Waals surface area contributed by atoms with E-state index < -0.39 is 17.6 Å². The largest absolute Gasteiger partial charge is 0.454 e. The molecule has 7 heteroatoms. The molecule has 0 amide bonds. The van der Waals surface area contributed by atoms with Crippen molar-refractivity contribution in [3.05, 3.63) is 35.5 Å². The summed E-state index contributed by atoms with van der Waals surface area (Å²) in [6, 6.07) is 5.24. The number of rotatable bonds is 5. The molecule has 3 N–H and O–H groups in total. The third-order valence-electron chi connectivity index (χ3n) is 4.46. The Labute approximate surface area is 140 Å². The van der Waals surface area contributed by atoms with Gasteiger partial charge in [-0.25, -0.2) is 0 Å². The number of aromatic nitrogens is 2. The first-order valence-electron chi connectivity index (χ1n) is 7.98. The minimum absolute atomic E-state index is 0.0946. The van der Waals surface area contributed by atoms with Crippen molar-refractivity contribution in [1.82, 2.24) is 10.2 Å². The molecule has 0 saturated carbocycles. The molecule has 2 atom stereocenters. The molecule has 1 aromatic carbocycles. The first kappa shape index (κ1) is 16.7. The zero-order valence-corrected chi connectivity index (χ0v) is 14.3. The van der Waals surface area contributed by atoms with Crippen LogP contribution in [0.3, 0.4) is 0 Å². The normalized spacial score (nSPS) is 16.5. The van der Waals surface area contributed by atoms with E-state index in [1.165, 1.54) is 0 Å². The topological polar surface area (TPSA) is 104 Å². The van der Waals surface area contributed by atoms with Gasteiger partial charge in [-0.15, -0.1) is 10.2 Å². The van der Waals surface area contributed by atoms with Crippen molar-refractivity contribution in [1.29, 1.82) is 0 Å². The van der Waals surface area contributed by atoms with Crippen molar-refractivity contribution < 1.29 is 19.0 Å². The number of nitrogens with zero attached hydrogens (tertiary/aromatic N) is 2. The molecule has 1 aliphatic heterocycles. The van der Waals surface area contributed by atoms with Gasteiger partial charge in [0.05, 0.1) is 5.41 Å². The highest BCUT2D eigenvalue weighted by Gasteiger charge is 2.33. The summed E-state index contributed by atoms with van der Waals surface area (Å²) in [7, 11) is 0. The summed E-state index contributed by atoms with van der Waals surface area (Å²) in [6.07, 6.45) is -0.987. The van der Waals surface area contributed by atoms with Crippen LogP contribution in [0, 0.1) is 5.92 Å². The molecule has 130 valence electrons. The van der Waals surface area contributed by atoms with Crippen molar-refractivity contribution >= 4 is 0 Å². The van der Waals surface area contributed by atoms with Crippen molar-refractivity contribution in [2.45, 2.75) is 45.3 Å². The van der Waals surface area contributed by atoms with Crippen LogP contribution < -0.4 is 15.2 Å². The maximum absolute atomic E-state index is 10.3. The fourth-order valence-electron chi connectivity index (χ4n) is 2.54. The zero-order chi connectivity index (χ0) is 17.5. The summed E-state index contributed by atoms with van der Waals surface area (Å²) in [5, 5.41) is 18.4. The maximum Gasteiger partial charge on any atom is 0.246 e. The lowest BCUT2D eigenvalue weighted by molar-refractivity contribution is 0.0948. The highest BCUT2D eigenvalue weighted by atomic mass is 16.7. The number of aliphatic hydroxyl groups is 1. The SMILES string of the molecule is CC(C)[C@H](N)C(O)c1nnc(C(C)(C)c2ccc3c(c2)OCO3)o1. The van der Waals surface area contributed by atoms with Crippen molar-refractivity contribution in [2.24, 2.45) is 11.7 Å². The number of hydrogen-bond acceptors (Lipinski definition) is 7. The fourth-order valence-corrected chi connectivity index (χ4v) is 2.54. The molecular weight excluding hydrogens is 310 g/mol. The Morgan fingerprint density at radius 3 is 2.58 bits per heavy atom. The van der Waals surface area contributed by atoms with Crippen LogP contribution in [0.4, 0.5) is 0 Å². The van der Waals surface area contributed by atoms with Crippen LogP contribution in [-0.2, 0) is 5.41 Å². The first-order valence-corrected chi connectivity index (χ1v) is 7.98. The Bertz CT molecular complexity index is 726. The molecule has 0 bridgehead atoms. The van der Waals surface area contributed by atoms with E-state index in [4.69, 9.17) is 19.6 Å². The molecule has 24 heavy (non-hydrogen) atoms. The quantitative estimate of drug-likeness (QED) is 0.864. The van der Waals surface area contributed by atoms with Gasteiger partial charge in [0.2, 0.25) is 18.6 Å². The Kier molecular flexibility index (Phi) is 4.23. The molecule has 0 fully saturated rings. The van der Waals surface area contributed by atoms with Crippen LogP contribution in [0.15, 0.2) is 22.6 Å². The van der Waals surface area contributed by atoms with Gasteiger partial charge in [-0.3, -0.25) is 0 Å². The Hall–Kier alpha value is -2.12. The Morgan fingerprint density at radius 2 is 1.88 bits per heavy atom. The third kappa shape index (κ3) is 2.85. The molecule has 3 rings (SSSR count). The van der Waals surface area contributed by atoms with E-state index in [2.05, 4.69) is 10.2 Å². The Morgan fingerprint density at radius 1 is 1.17 bits per heavy atom. The molecular formula is C17H23N3O4. The number of nitrogens with two attached hydrogens (primary N) is 1. The van der Waals surface area contributed by atoms with Crippen LogP contribution in [0.2, 0.25) is 0 Å². The molecule has 0 radical (unpaired) electrons. The van der Waals surface area contributed by atoms with E-state index in [0.29, 0.717) is 11.6 Å². The summed E-state index contributed by atoms with van der Waals surface area (Å²) in [6.45, 7) is 8.03. The minimum atomic E-state index is -0.987. The second-order valence-electron chi connectivity index (χ2n) is 6.90. The van der Waals surface area contributed by atoms with Crippen molar-refractivity contribution in [2.75, 3.05) is 6.79 Å². The predicted molar refractivity (Wildman–Crippen MR) is 86.8 cm³/mol. The van der Waals surface area contributed by atoms with Gasteiger partial charge in [-0.2, -0.15) is 0 Å². The van der Waals surface area contributed by atoms with Gasteiger partial charge in [0.1, 0.15) is 6.10 Å². The van der Waals surface area contributed by atoms with Gasteiger partial charge < -0.3 is 24.7 Å². The molecule has 7 nitrogen and oxygen atoms in total. The highest BCUT2D eigenvalue weighted by molar-refractivity contribution is 5.47. The van der Waals surface area contributed by atoms with Crippen LogP contribution in [0.25, 0.3) is 0 Å². The summed E-state index contributed by atoms with van der Waals surface area (Å²) in [5.41, 5.74) is 6.38. The second kappa shape index (κ2) is 6.07. The standard InChI is InChI=1S/C17H23N3O4/c1-9(2)13(18)14(21)15-19-20-16(24-15)17(3,4)10-5-6-11-12(7-10)23-8-22-11/h5-7,9,13-14,21H,8,18H2,1-4H3/t13-,14?/m0/s1. The number of benzene rings is 1.